The zero-order chi connectivity index (χ0) is 14.8. The van der Waals surface area contributed by atoms with Crippen LogP contribution in [-0.2, 0) is 0 Å². The largest absolute Gasteiger partial charge is 0.398 e. The van der Waals surface area contributed by atoms with Gasteiger partial charge in [-0.3, -0.25) is 4.79 Å². The summed E-state index contributed by atoms with van der Waals surface area (Å²) >= 11 is 0. The zero-order valence-electron chi connectivity index (χ0n) is 11.8. The minimum atomic E-state index is -0.479. The third-order valence-electron chi connectivity index (χ3n) is 4.13. The van der Waals surface area contributed by atoms with Gasteiger partial charge in [0.15, 0.2) is 0 Å². The molecule has 1 saturated heterocycles. The van der Waals surface area contributed by atoms with Gasteiger partial charge in [-0.25, -0.2) is 0 Å². The summed E-state index contributed by atoms with van der Waals surface area (Å²) in [5, 5.41) is 0. The van der Waals surface area contributed by atoms with Gasteiger partial charge in [-0.2, -0.15) is 0 Å². The van der Waals surface area contributed by atoms with Gasteiger partial charge in [0.25, 0.3) is 5.91 Å². The van der Waals surface area contributed by atoms with Crippen LogP contribution in [0.5, 0.6) is 0 Å². The number of anilines is 2. The van der Waals surface area contributed by atoms with Crippen molar-refractivity contribution in [2.24, 2.45) is 5.73 Å². The molecule has 0 aliphatic carbocycles. The van der Waals surface area contributed by atoms with Gasteiger partial charge in [0.05, 0.1) is 5.56 Å². The molecule has 4 N–H and O–H groups in total. The molecule has 3 rings (SSSR count). The Bertz CT molecular complexity index is 654. The summed E-state index contributed by atoms with van der Waals surface area (Å²) < 4.78 is 0. The van der Waals surface area contributed by atoms with Crippen LogP contribution in [0.2, 0.25) is 0 Å². The minimum Gasteiger partial charge on any atom is -0.398 e. The Kier molecular flexibility index (Phi) is 3.52. The van der Waals surface area contributed by atoms with Gasteiger partial charge in [-0.15, -0.1) is 0 Å². The van der Waals surface area contributed by atoms with Crippen LogP contribution in [0, 0.1) is 0 Å². The molecule has 1 aliphatic heterocycles. The van der Waals surface area contributed by atoms with E-state index in [2.05, 4.69) is 29.2 Å². The number of carbonyl (C=O) groups is 1. The van der Waals surface area contributed by atoms with Crippen molar-refractivity contribution < 1.29 is 4.79 Å². The summed E-state index contributed by atoms with van der Waals surface area (Å²) in [6, 6.07) is 16.0. The number of carbonyl (C=O) groups excluding carboxylic acids is 1. The normalized spacial score (nSPS) is 17.9. The van der Waals surface area contributed by atoms with E-state index >= 15 is 0 Å². The summed E-state index contributed by atoms with van der Waals surface area (Å²) in [6.45, 7) is 1.92. The number of amides is 1. The highest BCUT2D eigenvalue weighted by atomic mass is 16.1. The second kappa shape index (κ2) is 5.48. The fraction of sp³-hybridized carbons (Fsp3) is 0.235. The third kappa shape index (κ3) is 2.70. The maximum atomic E-state index is 11.4. The van der Waals surface area contributed by atoms with E-state index in [1.807, 2.05) is 12.1 Å². The number of hydrogen-bond donors (Lipinski definition) is 2. The minimum absolute atomic E-state index is 0.399. The van der Waals surface area contributed by atoms with Gasteiger partial charge in [0, 0.05) is 30.4 Å². The van der Waals surface area contributed by atoms with Crippen LogP contribution in [0.25, 0.3) is 0 Å². The third-order valence-corrected chi connectivity index (χ3v) is 4.13. The van der Waals surface area contributed by atoms with Crippen LogP contribution in [0.3, 0.4) is 0 Å². The van der Waals surface area contributed by atoms with Crippen LogP contribution < -0.4 is 16.4 Å². The van der Waals surface area contributed by atoms with E-state index in [1.54, 1.807) is 12.1 Å². The topological polar surface area (TPSA) is 72.4 Å². The molecular formula is C17H19N3O. The van der Waals surface area contributed by atoms with E-state index in [9.17, 15) is 4.79 Å². The highest BCUT2D eigenvalue weighted by Gasteiger charge is 2.24. The smallest absolute Gasteiger partial charge is 0.250 e. The number of nitrogens with two attached hydrogens (primary N) is 2. The standard InChI is InChI=1S/C17H19N3O/c18-16-7-6-14(10-15(16)17(19)21)20-9-8-13(11-20)12-4-2-1-3-5-12/h1-7,10,13H,8-9,11,18H2,(H2,19,21). The van der Waals surface area contributed by atoms with Crippen molar-refractivity contribution in [3.05, 3.63) is 59.7 Å². The van der Waals surface area contributed by atoms with Crippen LogP contribution in [-0.4, -0.2) is 19.0 Å². The van der Waals surface area contributed by atoms with Crippen molar-refractivity contribution in [2.45, 2.75) is 12.3 Å². The second-order valence-corrected chi connectivity index (χ2v) is 5.48. The molecule has 1 fully saturated rings. The van der Waals surface area contributed by atoms with Gasteiger partial charge in [0.2, 0.25) is 0 Å². The summed E-state index contributed by atoms with van der Waals surface area (Å²) in [7, 11) is 0. The molecule has 1 aliphatic rings. The van der Waals surface area contributed by atoms with Crippen molar-refractivity contribution in [2.75, 3.05) is 23.7 Å². The number of primary amides is 1. The lowest BCUT2D eigenvalue weighted by molar-refractivity contribution is 0.100. The first-order valence-electron chi connectivity index (χ1n) is 7.14. The molecule has 0 radical (unpaired) electrons. The van der Waals surface area contributed by atoms with Crippen molar-refractivity contribution in [3.8, 4) is 0 Å². The Morgan fingerprint density at radius 1 is 1.14 bits per heavy atom. The second-order valence-electron chi connectivity index (χ2n) is 5.48. The number of hydrogen-bond acceptors (Lipinski definition) is 3. The summed E-state index contributed by atoms with van der Waals surface area (Å²) in [5.41, 5.74) is 14.4. The Hall–Kier alpha value is -2.49. The molecule has 0 saturated carbocycles. The maximum Gasteiger partial charge on any atom is 0.250 e. The van der Waals surface area contributed by atoms with E-state index in [4.69, 9.17) is 11.5 Å². The molecular weight excluding hydrogens is 262 g/mol. The van der Waals surface area contributed by atoms with Crippen LogP contribution in [0.1, 0.15) is 28.3 Å². The van der Waals surface area contributed by atoms with Crippen molar-refractivity contribution in [1.29, 1.82) is 0 Å². The van der Waals surface area contributed by atoms with E-state index in [1.165, 1.54) is 5.56 Å². The summed E-state index contributed by atoms with van der Waals surface area (Å²) in [5.74, 6) is 0.0499. The fourth-order valence-electron chi connectivity index (χ4n) is 2.95. The fourth-order valence-corrected chi connectivity index (χ4v) is 2.95. The molecule has 21 heavy (non-hydrogen) atoms. The Morgan fingerprint density at radius 2 is 1.90 bits per heavy atom. The van der Waals surface area contributed by atoms with Crippen LogP contribution in [0.4, 0.5) is 11.4 Å². The monoisotopic (exact) mass is 281 g/mol. The first kappa shape index (κ1) is 13.5. The zero-order valence-corrected chi connectivity index (χ0v) is 11.8. The lowest BCUT2D eigenvalue weighted by Crippen LogP contribution is -2.21. The van der Waals surface area contributed by atoms with Gasteiger partial charge in [0.1, 0.15) is 0 Å². The number of benzene rings is 2. The molecule has 1 atom stereocenters. The number of rotatable bonds is 3. The van der Waals surface area contributed by atoms with Crippen molar-refractivity contribution in [1.82, 2.24) is 0 Å². The van der Waals surface area contributed by atoms with Gasteiger partial charge in [-0.1, -0.05) is 30.3 Å². The van der Waals surface area contributed by atoms with Crippen LogP contribution in [0.15, 0.2) is 48.5 Å². The molecule has 0 spiro atoms. The predicted molar refractivity (Wildman–Crippen MR) is 85.4 cm³/mol. The highest BCUT2D eigenvalue weighted by Crippen LogP contribution is 2.31. The van der Waals surface area contributed by atoms with Crippen molar-refractivity contribution >= 4 is 17.3 Å². The molecule has 1 amide bonds. The first-order valence-corrected chi connectivity index (χ1v) is 7.14. The molecule has 2 aromatic rings. The van der Waals surface area contributed by atoms with E-state index in [-0.39, 0.29) is 0 Å². The number of nitrogens with zero attached hydrogens (tertiary/aromatic N) is 1. The van der Waals surface area contributed by atoms with Crippen molar-refractivity contribution in [3.63, 3.8) is 0 Å². The van der Waals surface area contributed by atoms with Gasteiger partial charge >= 0.3 is 0 Å². The summed E-state index contributed by atoms with van der Waals surface area (Å²) in [6.07, 6.45) is 1.11. The van der Waals surface area contributed by atoms with Gasteiger partial charge < -0.3 is 16.4 Å². The average Bonchev–Trinajstić information content (AvgIpc) is 2.98. The molecule has 4 nitrogen and oxygen atoms in total. The SMILES string of the molecule is NC(=O)c1cc(N2CCC(c3ccccc3)C2)ccc1N. The molecule has 0 aromatic heterocycles. The lowest BCUT2D eigenvalue weighted by Gasteiger charge is -2.20. The Morgan fingerprint density at radius 3 is 2.62 bits per heavy atom. The number of nitrogen functional groups attached to an aromatic ring is 1. The maximum absolute atomic E-state index is 11.4. The quantitative estimate of drug-likeness (QED) is 0.848. The average molecular weight is 281 g/mol. The first-order chi connectivity index (χ1) is 10.1. The van der Waals surface area contributed by atoms with E-state index in [0.29, 0.717) is 17.2 Å². The highest BCUT2D eigenvalue weighted by molar-refractivity contribution is 5.99. The van der Waals surface area contributed by atoms with Gasteiger partial charge in [-0.05, 0) is 30.2 Å². The predicted octanol–water partition coefficient (Wildman–Crippen LogP) is 2.36. The molecule has 108 valence electrons. The summed E-state index contributed by atoms with van der Waals surface area (Å²) in [4.78, 5) is 13.7. The Balaban J connectivity index is 1.80. The lowest BCUT2D eigenvalue weighted by atomic mass is 9.99. The van der Waals surface area contributed by atoms with Crippen LogP contribution >= 0.6 is 0 Å². The Labute approximate surface area is 124 Å². The molecule has 2 aromatic carbocycles. The van der Waals surface area contributed by atoms with E-state index in [0.717, 1.165) is 25.2 Å². The molecule has 4 heteroatoms. The molecule has 1 unspecified atom stereocenters. The molecule has 0 bridgehead atoms. The van der Waals surface area contributed by atoms with E-state index < -0.39 is 5.91 Å². The molecule has 1 heterocycles.